The number of nitrogens with zero attached hydrogens (tertiary/aromatic N) is 2. The van der Waals surface area contributed by atoms with Crippen LogP contribution in [0, 0.1) is 17.1 Å². The van der Waals surface area contributed by atoms with Crippen molar-refractivity contribution in [1.29, 1.82) is 5.26 Å². The zero-order valence-electron chi connectivity index (χ0n) is 13.6. The molecule has 0 saturated heterocycles. The van der Waals surface area contributed by atoms with Crippen LogP contribution in [0.4, 0.5) is 4.39 Å². The lowest BCUT2D eigenvalue weighted by Gasteiger charge is -2.01. The summed E-state index contributed by atoms with van der Waals surface area (Å²) in [6.45, 7) is 0. The van der Waals surface area contributed by atoms with Gasteiger partial charge in [-0.15, -0.1) is 0 Å². The second-order valence-electron chi connectivity index (χ2n) is 5.22. The fourth-order valence-corrected chi connectivity index (χ4v) is 2.97. The number of benzene rings is 2. The van der Waals surface area contributed by atoms with Crippen LogP contribution in [0.15, 0.2) is 74.1 Å². The number of carbonyl (C=O) groups is 1. The molecule has 5 nitrogen and oxygen atoms in total. The molecular formula is C19H11ClFN3O2S. The summed E-state index contributed by atoms with van der Waals surface area (Å²) < 4.78 is 19.4. The molecule has 0 radical (unpaired) electrons. The molecule has 0 aliphatic carbocycles. The summed E-state index contributed by atoms with van der Waals surface area (Å²) in [7, 11) is 0. The monoisotopic (exact) mass is 399 g/mol. The third-order valence-corrected chi connectivity index (χ3v) is 4.52. The predicted molar refractivity (Wildman–Crippen MR) is 100 cm³/mol. The Kier molecular flexibility index (Phi) is 5.91. The van der Waals surface area contributed by atoms with E-state index in [1.165, 1.54) is 30.1 Å². The van der Waals surface area contributed by atoms with Crippen molar-refractivity contribution in [3.8, 4) is 6.07 Å². The lowest BCUT2D eigenvalue weighted by atomic mass is 10.1. The van der Waals surface area contributed by atoms with E-state index in [0.717, 1.165) is 11.0 Å². The third-order valence-electron chi connectivity index (χ3n) is 3.33. The Morgan fingerprint density at radius 3 is 2.70 bits per heavy atom. The molecule has 1 heterocycles. The predicted octanol–water partition coefficient (Wildman–Crippen LogP) is 4.86. The Morgan fingerprint density at radius 1 is 1.22 bits per heavy atom. The van der Waals surface area contributed by atoms with Crippen LogP contribution >= 0.6 is 23.4 Å². The average molecular weight is 400 g/mol. The number of halogens is 2. The molecule has 134 valence electrons. The van der Waals surface area contributed by atoms with E-state index in [1.807, 2.05) is 12.1 Å². The van der Waals surface area contributed by atoms with Crippen molar-refractivity contribution in [3.63, 3.8) is 0 Å². The van der Waals surface area contributed by atoms with Crippen molar-refractivity contribution < 1.29 is 13.6 Å². The highest BCUT2D eigenvalue weighted by Gasteiger charge is 2.11. The Labute approximate surface area is 163 Å². The van der Waals surface area contributed by atoms with Crippen molar-refractivity contribution in [2.75, 3.05) is 0 Å². The molecule has 1 aromatic heterocycles. The van der Waals surface area contributed by atoms with E-state index in [1.54, 1.807) is 30.3 Å². The minimum Gasteiger partial charge on any atom is -0.448 e. The van der Waals surface area contributed by atoms with E-state index in [4.69, 9.17) is 21.3 Å². The van der Waals surface area contributed by atoms with Crippen molar-refractivity contribution in [1.82, 2.24) is 5.43 Å². The maximum absolute atomic E-state index is 13.8. The Morgan fingerprint density at radius 2 is 2.00 bits per heavy atom. The Bertz CT molecular complexity index is 1040. The molecule has 2 aromatic carbocycles. The van der Waals surface area contributed by atoms with Gasteiger partial charge in [-0.3, -0.25) is 4.79 Å². The number of hydrogen-bond donors (Lipinski definition) is 1. The van der Waals surface area contributed by atoms with Crippen LogP contribution in [0.1, 0.15) is 21.7 Å². The minimum absolute atomic E-state index is 0.133. The summed E-state index contributed by atoms with van der Waals surface area (Å²) in [4.78, 5) is 12.9. The van der Waals surface area contributed by atoms with Crippen molar-refractivity contribution in [3.05, 3.63) is 82.3 Å². The van der Waals surface area contributed by atoms with Gasteiger partial charge in [-0.25, -0.2) is 9.82 Å². The molecule has 3 rings (SSSR count). The summed E-state index contributed by atoms with van der Waals surface area (Å²) in [5.41, 5.74) is 2.15. The molecule has 27 heavy (non-hydrogen) atoms. The van der Waals surface area contributed by atoms with Crippen molar-refractivity contribution in [2.45, 2.75) is 9.99 Å². The van der Waals surface area contributed by atoms with Gasteiger partial charge in [0, 0.05) is 9.92 Å². The second kappa shape index (κ2) is 8.54. The first-order chi connectivity index (χ1) is 13.0. The van der Waals surface area contributed by atoms with E-state index < -0.39 is 11.7 Å². The van der Waals surface area contributed by atoms with Crippen LogP contribution in [0.3, 0.4) is 0 Å². The highest BCUT2D eigenvalue weighted by molar-refractivity contribution is 7.99. The molecule has 0 saturated carbocycles. The molecule has 0 aliphatic heterocycles. The maximum Gasteiger partial charge on any atom is 0.274 e. The average Bonchev–Trinajstić information content (AvgIpc) is 3.10. The molecule has 1 amide bonds. The van der Waals surface area contributed by atoms with Gasteiger partial charge in [-0.2, -0.15) is 10.4 Å². The molecule has 8 heteroatoms. The fraction of sp³-hybridized carbons (Fsp3) is 0. The van der Waals surface area contributed by atoms with Gasteiger partial charge >= 0.3 is 0 Å². The highest BCUT2D eigenvalue weighted by Crippen LogP contribution is 2.29. The van der Waals surface area contributed by atoms with Gasteiger partial charge in [0.1, 0.15) is 11.6 Å². The third kappa shape index (κ3) is 4.97. The summed E-state index contributed by atoms with van der Waals surface area (Å²) in [5.74, 6) is -1.09. The summed E-state index contributed by atoms with van der Waals surface area (Å²) in [6.07, 6.45) is 1.31. The molecular weight excluding hydrogens is 389 g/mol. The molecule has 0 aliphatic rings. The second-order valence-corrected chi connectivity index (χ2v) is 6.73. The van der Waals surface area contributed by atoms with Crippen LogP contribution in [0.25, 0.3) is 0 Å². The molecule has 1 N–H and O–H groups in total. The number of nitriles is 1. The lowest BCUT2D eigenvalue weighted by molar-refractivity contribution is 0.0951. The normalized spacial score (nSPS) is 10.7. The number of carbonyl (C=O) groups excluding carboxylic acids is 1. The smallest absolute Gasteiger partial charge is 0.274 e. The maximum atomic E-state index is 13.8. The van der Waals surface area contributed by atoms with E-state index in [9.17, 15) is 9.18 Å². The summed E-state index contributed by atoms with van der Waals surface area (Å²) in [5, 5.41) is 13.8. The first-order valence-electron chi connectivity index (χ1n) is 7.61. The van der Waals surface area contributed by atoms with Gasteiger partial charge in [0.2, 0.25) is 0 Å². The van der Waals surface area contributed by atoms with Gasteiger partial charge in [-0.1, -0.05) is 23.4 Å². The molecule has 0 spiro atoms. The van der Waals surface area contributed by atoms with E-state index in [2.05, 4.69) is 10.5 Å². The Balaban J connectivity index is 1.60. The summed E-state index contributed by atoms with van der Waals surface area (Å²) >= 11 is 7.26. The minimum atomic E-state index is -0.790. The van der Waals surface area contributed by atoms with Crippen LogP contribution in [-0.4, -0.2) is 12.1 Å². The van der Waals surface area contributed by atoms with Crippen LogP contribution in [-0.2, 0) is 0 Å². The Hall–Kier alpha value is -3.08. The van der Waals surface area contributed by atoms with E-state index >= 15 is 0 Å². The van der Waals surface area contributed by atoms with Gasteiger partial charge in [0.15, 0.2) is 5.09 Å². The quantitative estimate of drug-likeness (QED) is 0.491. The largest absolute Gasteiger partial charge is 0.448 e. The fourth-order valence-electron chi connectivity index (χ4n) is 2.06. The number of furan rings is 1. The van der Waals surface area contributed by atoms with Crippen molar-refractivity contribution in [2.24, 2.45) is 5.10 Å². The highest BCUT2D eigenvalue weighted by atomic mass is 35.5. The number of nitrogens with one attached hydrogen (secondary N) is 1. The van der Waals surface area contributed by atoms with E-state index in [0.29, 0.717) is 15.9 Å². The molecule has 0 bridgehead atoms. The number of hydrazone groups is 1. The molecule has 3 aromatic rings. The van der Waals surface area contributed by atoms with Crippen LogP contribution < -0.4 is 5.43 Å². The first-order valence-corrected chi connectivity index (χ1v) is 8.81. The van der Waals surface area contributed by atoms with Crippen LogP contribution in [0.2, 0.25) is 5.02 Å². The van der Waals surface area contributed by atoms with Gasteiger partial charge < -0.3 is 4.42 Å². The van der Waals surface area contributed by atoms with Gasteiger partial charge in [0.05, 0.1) is 23.4 Å². The zero-order chi connectivity index (χ0) is 19.2. The molecule has 0 fully saturated rings. The number of hydrogen-bond acceptors (Lipinski definition) is 5. The van der Waals surface area contributed by atoms with Gasteiger partial charge in [-0.05, 0) is 54.6 Å². The lowest BCUT2D eigenvalue weighted by Crippen LogP contribution is -2.19. The SMILES string of the molecule is N#Cc1ccc(C(=O)N/N=C/c2ccc(Sc3ccc(Cl)cc3)o2)c(F)c1. The van der Waals surface area contributed by atoms with Gasteiger partial charge in [0.25, 0.3) is 5.91 Å². The molecule has 0 atom stereocenters. The molecule has 0 unspecified atom stereocenters. The summed E-state index contributed by atoms with van der Waals surface area (Å²) in [6, 6.07) is 16.1. The topological polar surface area (TPSA) is 78.4 Å². The van der Waals surface area contributed by atoms with Crippen LogP contribution in [0.5, 0.6) is 0 Å². The zero-order valence-corrected chi connectivity index (χ0v) is 15.2. The van der Waals surface area contributed by atoms with E-state index in [-0.39, 0.29) is 11.1 Å². The standard InChI is InChI=1S/C19H11ClFN3O2S/c20-13-2-5-15(6-3-13)27-18-8-4-14(26-18)11-23-24-19(25)16-7-1-12(10-22)9-17(16)21/h1-9,11H,(H,24,25)/b23-11+. The van der Waals surface area contributed by atoms with Crippen molar-refractivity contribution >= 4 is 35.5 Å². The number of amides is 1. The first kappa shape index (κ1) is 18.7. The number of rotatable bonds is 5.